The lowest BCUT2D eigenvalue weighted by molar-refractivity contribution is -0.147. The highest BCUT2D eigenvalue weighted by atomic mass is 16.5. The van der Waals surface area contributed by atoms with Crippen LogP contribution in [0.4, 0.5) is 5.69 Å². The van der Waals surface area contributed by atoms with E-state index in [2.05, 4.69) is 36.7 Å². The molecule has 4 amide bonds. The van der Waals surface area contributed by atoms with E-state index in [4.69, 9.17) is 15.2 Å². The first-order valence-electron chi connectivity index (χ1n) is 20.1. The number of likely N-dealkylation sites (N-methyl/N-ethyl adjacent to an activating group) is 1. The highest BCUT2D eigenvalue weighted by molar-refractivity contribution is 5.90. The molecule has 0 aromatic heterocycles. The van der Waals surface area contributed by atoms with E-state index in [9.17, 15) is 24.3 Å². The Balaban J connectivity index is 1.44. The number of carbonyl (C=O) groups excluding carboxylic acids is 4. The van der Waals surface area contributed by atoms with E-state index in [1.165, 1.54) is 0 Å². The number of hydrogen-bond acceptors (Lipinski definition) is 9. The van der Waals surface area contributed by atoms with Gasteiger partial charge in [0, 0.05) is 39.5 Å². The maximum absolute atomic E-state index is 14.3. The molecule has 2 heterocycles. The van der Waals surface area contributed by atoms with E-state index < -0.39 is 36.3 Å². The van der Waals surface area contributed by atoms with E-state index in [1.807, 2.05) is 26.0 Å². The third kappa shape index (κ3) is 9.94. The number of benzene rings is 1. The SMILES string of the molecule is CC[C@H](C)[C@@H]([C@@H](CC(=O)N1CCC[C@H]1[C@H](OC)[C@@H](C)C(=O)N[C@H](CO)Cc1ccc(N)cc1)OC)N(C)C(=O)[C@@H](NC(=O)[C@H]1N[C@H]2CC[C@H]1[C@@H]2C)C(C)C. The lowest BCUT2D eigenvalue weighted by Crippen LogP contribution is -2.60. The highest BCUT2D eigenvalue weighted by Crippen LogP contribution is 2.40. The van der Waals surface area contributed by atoms with Crippen molar-refractivity contribution >= 4 is 29.3 Å². The molecule has 2 bridgehead atoms. The maximum atomic E-state index is 14.3. The lowest BCUT2D eigenvalue weighted by atomic mass is 9.89. The van der Waals surface area contributed by atoms with Crippen LogP contribution in [0.25, 0.3) is 0 Å². The monoisotopic (exact) mass is 757 g/mol. The molecule has 0 radical (unpaired) electrons. The number of nitrogen functional groups attached to an aromatic ring is 1. The lowest BCUT2D eigenvalue weighted by Gasteiger charge is -2.41. The Bertz CT molecular complexity index is 1410. The van der Waals surface area contributed by atoms with Crippen molar-refractivity contribution in [1.29, 1.82) is 0 Å². The van der Waals surface area contributed by atoms with Crippen LogP contribution in [0, 0.1) is 29.6 Å². The molecule has 1 aromatic rings. The minimum Gasteiger partial charge on any atom is -0.399 e. The quantitative estimate of drug-likeness (QED) is 0.133. The summed E-state index contributed by atoms with van der Waals surface area (Å²) in [5.41, 5.74) is 7.39. The normalized spacial score (nSPS) is 26.1. The Kier molecular flexibility index (Phi) is 15.7. The Hall–Kier alpha value is -3.26. The van der Waals surface area contributed by atoms with Crippen LogP contribution in [0.1, 0.15) is 85.6 Å². The molecule has 13 nitrogen and oxygen atoms in total. The molecule has 3 aliphatic rings. The smallest absolute Gasteiger partial charge is 0.245 e. The molecule has 54 heavy (non-hydrogen) atoms. The van der Waals surface area contributed by atoms with E-state index in [1.54, 1.807) is 50.1 Å². The molecular formula is C41H68N6O7. The Labute approximate surface area is 322 Å². The summed E-state index contributed by atoms with van der Waals surface area (Å²) in [6, 6.07) is 5.37. The fourth-order valence-electron chi connectivity index (χ4n) is 9.24. The molecule has 1 aliphatic carbocycles. The van der Waals surface area contributed by atoms with Crippen LogP contribution in [0.15, 0.2) is 24.3 Å². The summed E-state index contributed by atoms with van der Waals surface area (Å²) in [5, 5.41) is 19.6. The number of nitrogens with two attached hydrogens (primary N) is 1. The van der Waals surface area contributed by atoms with Crippen molar-refractivity contribution in [3.05, 3.63) is 29.8 Å². The molecule has 6 N–H and O–H groups in total. The molecule has 304 valence electrons. The number of likely N-dealkylation sites (tertiary alicyclic amines) is 1. The molecule has 12 atom stereocenters. The number of anilines is 1. The van der Waals surface area contributed by atoms with Gasteiger partial charge in [-0.05, 0) is 73.5 Å². The molecule has 4 rings (SSSR count). The molecule has 1 saturated carbocycles. The number of rotatable bonds is 19. The number of ether oxygens (including phenoxy) is 2. The number of hydrogen-bond donors (Lipinski definition) is 5. The van der Waals surface area contributed by atoms with Crippen molar-refractivity contribution < 1.29 is 33.8 Å². The molecule has 0 spiro atoms. The van der Waals surface area contributed by atoms with Gasteiger partial charge in [-0.15, -0.1) is 0 Å². The molecule has 1 aromatic carbocycles. The van der Waals surface area contributed by atoms with Gasteiger partial charge in [-0.3, -0.25) is 19.2 Å². The number of methoxy groups -OCH3 is 2. The molecule has 0 unspecified atom stereocenters. The van der Waals surface area contributed by atoms with Gasteiger partial charge < -0.3 is 46.1 Å². The zero-order chi connectivity index (χ0) is 39.9. The van der Waals surface area contributed by atoms with Crippen molar-refractivity contribution in [1.82, 2.24) is 25.8 Å². The van der Waals surface area contributed by atoms with E-state index in [0.717, 1.165) is 31.2 Å². The number of fused-ring (bicyclic) bond motifs is 2. The van der Waals surface area contributed by atoms with Crippen molar-refractivity contribution in [2.24, 2.45) is 29.6 Å². The van der Waals surface area contributed by atoms with Gasteiger partial charge in [0.25, 0.3) is 0 Å². The van der Waals surface area contributed by atoms with Gasteiger partial charge in [-0.25, -0.2) is 0 Å². The average Bonchev–Trinajstić information content (AvgIpc) is 3.87. The van der Waals surface area contributed by atoms with Crippen LogP contribution in [-0.4, -0.2) is 121 Å². The zero-order valence-electron chi connectivity index (χ0n) is 34.0. The number of nitrogens with one attached hydrogen (secondary N) is 3. The second-order valence-corrected chi connectivity index (χ2v) is 16.5. The summed E-state index contributed by atoms with van der Waals surface area (Å²) in [7, 11) is 4.88. The largest absolute Gasteiger partial charge is 0.399 e. The topological polar surface area (TPSA) is 176 Å². The van der Waals surface area contributed by atoms with E-state index in [0.29, 0.717) is 37.0 Å². The van der Waals surface area contributed by atoms with Crippen LogP contribution in [0.3, 0.4) is 0 Å². The molecular weight excluding hydrogens is 688 g/mol. The van der Waals surface area contributed by atoms with Crippen molar-refractivity contribution in [2.75, 3.05) is 40.2 Å². The first-order chi connectivity index (χ1) is 25.7. The summed E-state index contributed by atoms with van der Waals surface area (Å²) in [5.74, 6) is -0.783. The summed E-state index contributed by atoms with van der Waals surface area (Å²) in [6.45, 7) is 12.3. The standard InChI is InChI=1S/C41H68N6O7/c1-10-24(4)37(46(7)41(52)35(23(2)3)45-40(51)36-30-17-18-31(44-36)25(30)5)33(53-8)21-34(49)47-19-11-12-32(47)38(54-9)26(6)39(50)43-29(22-48)20-27-13-15-28(42)16-14-27/h13-16,23-26,29-33,35-38,44,48H,10-12,17-22,42H2,1-9H3,(H,43,50)(H,45,51)/t24-,25-,26+,29-,30-,31-,32-,33+,35-,36-,37-,38+/m0/s1. The van der Waals surface area contributed by atoms with Crippen LogP contribution in [-0.2, 0) is 35.1 Å². The number of aliphatic hydroxyl groups excluding tert-OH is 1. The molecule has 13 heteroatoms. The number of nitrogens with zero attached hydrogens (tertiary/aromatic N) is 2. The molecule has 3 fully saturated rings. The van der Waals surface area contributed by atoms with Crippen molar-refractivity contribution in [2.45, 2.75) is 135 Å². The Morgan fingerprint density at radius 3 is 2.26 bits per heavy atom. The van der Waals surface area contributed by atoms with Gasteiger partial charge in [0.15, 0.2) is 0 Å². The van der Waals surface area contributed by atoms with E-state index in [-0.39, 0.29) is 66.5 Å². The Morgan fingerprint density at radius 1 is 1.04 bits per heavy atom. The minimum absolute atomic E-state index is 0.00849. The van der Waals surface area contributed by atoms with Gasteiger partial charge in [-0.2, -0.15) is 0 Å². The maximum Gasteiger partial charge on any atom is 0.245 e. The number of aliphatic hydroxyl groups is 1. The first kappa shape index (κ1) is 43.5. The summed E-state index contributed by atoms with van der Waals surface area (Å²) in [4.78, 5) is 59.0. The van der Waals surface area contributed by atoms with Crippen molar-refractivity contribution in [3.63, 3.8) is 0 Å². The van der Waals surface area contributed by atoms with Crippen LogP contribution >= 0.6 is 0 Å². The van der Waals surface area contributed by atoms with Crippen LogP contribution in [0.2, 0.25) is 0 Å². The van der Waals surface area contributed by atoms with Gasteiger partial charge in [0.2, 0.25) is 23.6 Å². The average molecular weight is 757 g/mol. The predicted octanol–water partition coefficient (Wildman–Crippen LogP) is 2.74. The first-order valence-corrected chi connectivity index (χ1v) is 20.1. The fraction of sp³-hybridized carbons (Fsp3) is 0.756. The van der Waals surface area contributed by atoms with Crippen molar-refractivity contribution in [3.8, 4) is 0 Å². The summed E-state index contributed by atoms with van der Waals surface area (Å²) < 4.78 is 12.0. The minimum atomic E-state index is -0.728. The van der Waals surface area contributed by atoms with Crippen LogP contribution in [0.5, 0.6) is 0 Å². The molecule has 2 saturated heterocycles. The number of amides is 4. The second kappa shape index (κ2) is 19.6. The predicted molar refractivity (Wildman–Crippen MR) is 209 cm³/mol. The Morgan fingerprint density at radius 2 is 1.72 bits per heavy atom. The zero-order valence-corrected chi connectivity index (χ0v) is 34.0. The van der Waals surface area contributed by atoms with E-state index >= 15 is 0 Å². The van der Waals surface area contributed by atoms with Gasteiger partial charge in [-0.1, -0.05) is 60.1 Å². The fourth-order valence-corrected chi connectivity index (χ4v) is 9.24. The van der Waals surface area contributed by atoms with Gasteiger partial charge in [0.1, 0.15) is 6.04 Å². The van der Waals surface area contributed by atoms with Gasteiger partial charge in [0.05, 0.1) is 55.3 Å². The van der Waals surface area contributed by atoms with Crippen LogP contribution < -0.4 is 21.7 Å². The number of carbonyl (C=O) groups is 4. The van der Waals surface area contributed by atoms with Gasteiger partial charge >= 0.3 is 0 Å². The summed E-state index contributed by atoms with van der Waals surface area (Å²) in [6.07, 6.45) is 3.57. The third-order valence-electron chi connectivity index (χ3n) is 12.7. The molecule has 2 aliphatic heterocycles. The number of piperidine rings is 1. The second-order valence-electron chi connectivity index (χ2n) is 16.5. The highest BCUT2D eigenvalue weighted by Gasteiger charge is 2.49. The summed E-state index contributed by atoms with van der Waals surface area (Å²) >= 11 is 0. The third-order valence-corrected chi connectivity index (χ3v) is 12.7.